The van der Waals surface area contributed by atoms with Gasteiger partial charge in [0.1, 0.15) is 11.5 Å². The summed E-state index contributed by atoms with van der Waals surface area (Å²) >= 11 is 3.20. The number of rotatable bonds is 2. The largest absolute Gasteiger partial charge is 0.364 e. The van der Waals surface area contributed by atoms with Crippen LogP contribution in [0, 0.1) is 5.82 Å². The third-order valence-corrected chi connectivity index (χ3v) is 2.46. The first-order valence-corrected chi connectivity index (χ1v) is 5.05. The lowest BCUT2D eigenvalue weighted by molar-refractivity contribution is 0.0996. The van der Waals surface area contributed by atoms with E-state index in [0.717, 1.165) is 0 Å². The number of primary amides is 1. The Bertz CT molecular complexity index is 554. The average Bonchev–Trinajstić information content (AvgIpc) is 2.70. The van der Waals surface area contributed by atoms with Crippen LogP contribution in [0.2, 0.25) is 0 Å². The normalized spacial score (nSPS) is 10.4. The van der Waals surface area contributed by atoms with Gasteiger partial charge in [-0.3, -0.25) is 4.79 Å². The third kappa shape index (κ3) is 1.81. The second-order valence-electron chi connectivity index (χ2n) is 3.01. The SMILES string of the molecule is NC(=O)c1n[nH]nc1-c1cc(Br)ccc1F. The molecule has 1 amide bonds. The van der Waals surface area contributed by atoms with Crippen molar-refractivity contribution in [2.75, 3.05) is 0 Å². The summed E-state index contributed by atoms with van der Waals surface area (Å²) in [6.45, 7) is 0. The minimum absolute atomic E-state index is 0.0861. The maximum Gasteiger partial charge on any atom is 0.271 e. The summed E-state index contributed by atoms with van der Waals surface area (Å²) in [4.78, 5) is 11.0. The van der Waals surface area contributed by atoms with Gasteiger partial charge in [-0.2, -0.15) is 15.4 Å². The molecule has 1 aromatic carbocycles. The Morgan fingerprint density at radius 3 is 2.88 bits per heavy atom. The van der Waals surface area contributed by atoms with E-state index in [-0.39, 0.29) is 17.0 Å². The molecule has 0 atom stereocenters. The van der Waals surface area contributed by atoms with Crippen LogP contribution in [0.25, 0.3) is 11.3 Å². The summed E-state index contributed by atoms with van der Waals surface area (Å²) < 4.78 is 14.2. The second kappa shape index (κ2) is 4.01. The zero-order valence-electron chi connectivity index (χ0n) is 7.87. The van der Waals surface area contributed by atoms with Gasteiger partial charge in [0.25, 0.3) is 5.91 Å². The van der Waals surface area contributed by atoms with Gasteiger partial charge in [-0.05, 0) is 18.2 Å². The van der Waals surface area contributed by atoms with Crippen molar-refractivity contribution < 1.29 is 9.18 Å². The molecule has 16 heavy (non-hydrogen) atoms. The van der Waals surface area contributed by atoms with Crippen LogP contribution < -0.4 is 5.73 Å². The highest BCUT2D eigenvalue weighted by atomic mass is 79.9. The molecule has 0 radical (unpaired) electrons. The molecule has 0 unspecified atom stereocenters. The van der Waals surface area contributed by atoms with Gasteiger partial charge in [0.05, 0.1) is 0 Å². The first-order valence-electron chi connectivity index (χ1n) is 4.25. The zero-order chi connectivity index (χ0) is 11.7. The number of carbonyl (C=O) groups excluding carboxylic acids is 1. The maximum absolute atomic E-state index is 13.5. The van der Waals surface area contributed by atoms with Gasteiger partial charge in [0, 0.05) is 10.0 Å². The molecule has 0 saturated heterocycles. The lowest BCUT2D eigenvalue weighted by Gasteiger charge is -2.00. The number of nitrogens with one attached hydrogen (secondary N) is 1. The van der Waals surface area contributed by atoms with E-state index in [0.29, 0.717) is 4.47 Å². The highest BCUT2D eigenvalue weighted by molar-refractivity contribution is 9.10. The topological polar surface area (TPSA) is 84.7 Å². The summed E-state index contributed by atoms with van der Waals surface area (Å²) in [6, 6.07) is 4.31. The van der Waals surface area contributed by atoms with Crippen molar-refractivity contribution in [2.24, 2.45) is 5.73 Å². The maximum atomic E-state index is 13.5. The predicted molar refractivity (Wildman–Crippen MR) is 58.0 cm³/mol. The fourth-order valence-corrected chi connectivity index (χ4v) is 1.63. The molecule has 1 heterocycles. The van der Waals surface area contributed by atoms with Gasteiger partial charge in [-0.15, -0.1) is 0 Å². The number of nitrogens with two attached hydrogens (primary N) is 1. The predicted octanol–water partition coefficient (Wildman–Crippen LogP) is 1.47. The van der Waals surface area contributed by atoms with Crippen molar-refractivity contribution in [2.45, 2.75) is 0 Å². The summed E-state index contributed by atoms with van der Waals surface area (Å²) in [5.74, 6) is -1.26. The third-order valence-electron chi connectivity index (χ3n) is 1.96. The molecule has 0 saturated carbocycles. The fraction of sp³-hybridized carbons (Fsp3) is 0. The standard InChI is InChI=1S/C9H6BrFN4O/c10-4-1-2-6(11)5(3-4)7-8(9(12)16)14-15-13-7/h1-3H,(H2,12,16)(H,13,14,15). The summed E-state index contributed by atoms with van der Waals surface area (Å²) in [5.41, 5.74) is 5.27. The van der Waals surface area contributed by atoms with E-state index in [1.54, 1.807) is 6.07 Å². The van der Waals surface area contributed by atoms with Crippen LogP contribution >= 0.6 is 15.9 Å². The van der Waals surface area contributed by atoms with Gasteiger partial charge >= 0.3 is 0 Å². The van der Waals surface area contributed by atoms with E-state index in [4.69, 9.17) is 5.73 Å². The van der Waals surface area contributed by atoms with Crippen LogP contribution in [0.1, 0.15) is 10.5 Å². The fourth-order valence-electron chi connectivity index (χ4n) is 1.27. The molecule has 1 aromatic heterocycles. The number of H-pyrrole nitrogens is 1. The summed E-state index contributed by atoms with van der Waals surface area (Å²) in [6.07, 6.45) is 0. The number of amides is 1. The molecule has 5 nitrogen and oxygen atoms in total. The molecule has 82 valence electrons. The quantitative estimate of drug-likeness (QED) is 0.876. The van der Waals surface area contributed by atoms with E-state index < -0.39 is 11.7 Å². The minimum atomic E-state index is -0.761. The lowest BCUT2D eigenvalue weighted by atomic mass is 10.1. The molecular formula is C9H6BrFN4O. The van der Waals surface area contributed by atoms with E-state index >= 15 is 0 Å². The van der Waals surface area contributed by atoms with Crippen molar-refractivity contribution in [1.29, 1.82) is 0 Å². The number of hydrogen-bond acceptors (Lipinski definition) is 3. The molecule has 0 fully saturated rings. The molecule has 3 N–H and O–H groups in total. The highest BCUT2D eigenvalue weighted by Gasteiger charge is 2.18. The van der Waals surface area contributed by atoms with E-state index in [2.05, 4.69) is 31.3 Å². The minimum Gasteiger partial charge on any atom is -0.364 e. The van der Waals surface area contributed by atoms with Crippen LogP contribution in [-0.4, -0.2) is 21.3 Å². The first-order chi connectivity index (χ1) is 7.59. The monoisotopic (exact) mass is 284 g/mol. The van der Waals surface area contributed by atoms with Crippen molar-refractivity contribution in [3.8, 4) is 11.3 Å². The summed E-state index contributed by atoms with van der Waals surface area (Å²) in [7, 11) is 0. The Labute approximate surface area is 98.0 Å². The molecule has 0 bridgehead atoms. The molecule has 0 aliphatic rings. The highest BCUT2D eigenvalue weighted by Crippen LogP contribution is 2.26. The van der Waals surface area contributed by atoms with Crippen LogP contribution in [0.3, 0.4) is 0 Å². The van der Waals surface area contributed by atoms with Crippen LogP contribution in [0.5, 0.6) is 0 Å². The average molecular weight is 285 g/mol. The number of aromatic amines is 1. The van der Waals surface area contributed by atoms with Gasteiger partial charge in [0.2, 0.25) is 0 Å². The smallest absolute Gasteiger partial charge is 0.271 e. The van der Waals surface area contributed by atoms with E-state index in [1.165, 1.54) is 12.1 Å². The Kier molecular flexibility index (Phi) is 2.69. The second-order valence-corrected chi connectivity index (χ2v) is 3.92. The Morgan fingerprint density at radius 2 is 2.19 bits per heavy atom. The van der Waals surface area contributed by atoms with E-state index in [1.807, 2.05) is 0 Å². The number of carbonyl (C=O) groups is 1. The number of aromatic nitrogens is 3. The van der Waals surface area contributed by atoms with Gasteiger partial charge in [-0.25, -0.2) is 4.39 Å². The van der Waals surface area contributed by atoms with Crippen molar-refractivity contribution in [1.82, 2.24) is 15.4 Å². The number of nitrogens with zero attached hydrogens (tertiary/aromatic N) is 2. The van der Waals surface area contributed by atoms with Crippen LogP contribution in [-0.2, 0) is 0 Å². The molecule has 7 heteroatoms. The summed E-state index contributed by atoms with van der Waals surface area (Å²) in [5, 5.41) is 9.52. The molecule has 2 rings (SSSR count). The number of benzene rings is 1. The number of hydrogen-bond donors (Lipinski definition) is 2. The van der Waals surface area contributed by atoms with Crippen molar-refractivity contribution in [3.63, 3.8) is 0 Å². The molecule has 2 aromatic rings. The zero-order valence-corrected chi connectivity index (χ0v) is 9.45. The van der Waals surface area contributed by atoms with Crippen molar-refractivity contribution in [3.05, 3.63) is 34.2 Å². The van der Waals surface area contributed by atoms with Crippen molar-refractivity contribution >= 4 is 21.8 Å². The Balaban J connectivity index is 2.62. The first kappa shape index (κ1) is 10.7. The Hall–Kier alpha value is -1.76. The number of halogens is 2. The van der Waals surface area contributed by atoms with Gasteiger partial charge in [0.15, 0.2) is 5.69 Å². The molecular weight excluding hydrogens is 279 g/mol. The van der Waals surface area contributed by atoms with Crippen LogP contribution in [0.4, 0.5) is 4.39 Å². The molecule has 0 aliphatic carbocycles. The lowest BCUT2D eigenvalue weighted by Crippen LogP contribution is -2.13. The van der Waals surface area contributed by atoms with Gasteiger partial charge < -0.3 is 5.73 Å². The van der Waals surface area contributed by atoms with E-state index in [9.17, 15) is 9.18 Å². The van der Waals surface area contributed by atoms with Crippen LogP contribution in [0.15, 0.2) is 22.7 Å². The molecule has 0 spiro atoms. The van der Waals surface area contributed by atoms with Gasteiger partial charge in [-0.1, -0.05) is 15.9 Å². The molecule has 0 aliphatic heterocycles. The Morgan fingerprint density at radius 1 is 1.44 bits per heavy atom.